The number of fused-ring (bicyclic) bond motifs is 1. The number of nitrogens with zero attached hydrogens (tertiary/aromatic N) is 4. The van der Waals surface area contributed by atoms with Gasteiger partial charge in [-0.05, 0) is 38.0 Å². The number of benzene rings is 1. The second-order valence-electron chi connectivity index (χ2n) is 6.84. The van der Waals surface area contributed by atoms with E-state index < -0.39 is 21.9 Å². The monoisotopic (exact) mass is 396 g/mol. The molecule has 0 unspecified atom stereocenters. The Balaban J connectivity index is 1.88. The zero-order valence-corrected chi connectivity index (χ0v) is 15.9. The van der Waals surface area contributed by atoms with Gasteiger partial charge in [0.05, 0.1) is 28.4 Å². The number of aryl methyl sites for hydroxylation is 2. The lowest BCUT2D eigenvalue weighted by atomic mass is 10.2. The Labute approximate surface area is 153 Å². The first-order valence-electron chi connectivity index (χ1n) is 8.07. The summed E-state index contributed by atoms with van der Waals surface area (Å²) in [7, 11) is -2.04. The largest absolute Gasteiger partial charge is 0.335 e. The average molecular weight is 396 g/mol. The maximum Gasteiger partial charge on any atom is 0.335 e. The van der Waals surface area contributed by atoms with Crippen LogP contribution in [-0.2, 0) is 16.9 Å². The number of hydrogen-bond acceptors (Lipinski definition) is 6. The predicted molar refractivity (Wildman–Crippen MR) is 96.4 cm³/mol. The van der Waals surface area contributed by atoms with Gasteiger partial charge in [-0.25, -0.2) is 22.8 Å². The van der Waals surface area contributed by atoms with Crippen molar-refractivity contribution in [2.75, 3.05) is 12.4 Å². The predicted octanol–water partition coefficient (Wildman–Crippen LogP) is 2.01. The van der Waals surface area contributed by atoms with Crippen molar-refractivity contribution in [3.8, 4) is 5.13 Å². The molecule has 3 aromatic rings. The molecule has 0 radical (unpaired) electrons. The van der Waals surface area contributed by atoms with Crippen molar-refractivity contribution in [3.05, 3.63) is 34.5 Å². The number of aromatic nitrogens is 4. The van der Waals surface area contributed by atoms with Gasteiger partial charge in [-0.2, -0.15) is 4.37 Å². The molecule has 1 saturated carbocycles. The lowest BCUT2D eigenvalue weighted by Gasteiger charge is -2.11. The number of halogens is 1. The number of imidazole rings is 1. The molecule has 10 heteroatoms. The molecule has 1 aliphatic rings. The van der Waals surface area contributed by atoms with E-state index >= 15 is 0 Å². The van der Waals surface area contributed by atoms with Gasteiger partial charge in [-0.3, -0.25) is 8.96 Å². The van der Waals surface area contributed by atoms with Crippen LogP contribution in [-0.4, -0.2) is 39.3 Å². The maximum absolute atomic E-state index is 13.1. The van der Waals surface area contributed by atoms with Crippen LogP contribution >= 0.6 is 11.5 Å². The van der Waals surface area contributed by atoms with Gasteiger partial charge in [0.25, 0.3) is 0 Å². The minimum atomic E-state index is -3.65. The van der Waals surface area contributed by atoms with Crippen molar-refractivity contribution < 1.29 is 12.8 Å². The number of alkyl halides is 1. The third kappa shape index (κ3) is 2.67. The number of sulfone groups is 1. The molecule has 0 atom stereocenters. The zero-order chi connectivity index (χ0) is 18.7. The van der Waals surface area contributed by atoms with E-state index in [1.54, 1.807) is 20.0 Å². The molecule has 2 heterocycles. The highest BCUT2D eigenvalue weighted by molar-refractivity contribution is 7.91. The van der Waals surface area contributed by atoms with Crippen LogP contribution in [0.1, 0.15) is 18.7 Å². The van der Waals surface area contributed by atoms with Crippen molar-refractivity contribution in [3.63, 3.8) is 0 Å². The first-order chi connectivity index (χ1) is 12.3. The Kier molecular flexibility index (Phi) is 3.81. The normalized spacial score (nSPS) is 16.3. The summed E-state index contributed by atoms with van der Waals surface area (Å²) < 4.78 is 45.5. The van der Waals surface area contributed by atoms with E-state index in [2.05, 4.69) is 9.36 Å². The topological polar surface area (TPSA) is 86.9 Å². The van der Waals surface area contributed by atoms with Gasteiger partial charge in [0.2, 0.25) is 5.13 Å². The Morgan fingerprint density at radius 3 is 2.62 bits per heavy atom. The summed E-state index contributed by atoms with van der Waals surface area (Å²) in [5, 5.41) is 0.384. The second kappa shape index (κ2) is 5.71. The van der Waals surface area contributed by atoms with Gasteiger partial charge in [-0.15, -0.1) is 0 Å². The van der Waals surface area contributed by atoms with Crippen LogP contribution in [0.5, 0.6) is 0 Å². The van der Waals surface area contributed by atoms with Gasteiger partial charge in [0, 0.05) is 24.0 Å². The van der Waals surface area contributed by atoms with Crippen LogP contribution < -0.4 is 5.69 Å². The molecule has 2 aromatic heterocycles. The minimum absolute atomic E-state index is 0.0883. The average Bonchev–Trinajstić information content (AvgIpc) is 3.17. The number of rotatable bonds is 5. The third-order valence-electron chi connectivity index (χ3n) is 4.83. The Morgan fingerprint density at radius 1 is 1.31 bits per heavy atom. The Hall–Kier alpha value is -2.07. The van der Waals surface area contributed by atoms with Crippen LogP contribution in [0.2, 0.25) is 0 Å². The quantitative estimate of drug-likeness (QED) is 0.658. The molecule has 0 saturated heterocycles. The highest BCUT2D eigenvalue weighted by Crippen LogP contribution is 2.47. The van der Waals surface area contributed by atoms with Crippen LogP contribution in [0.15, 0.2) is 27.9 Å². The van der Waals surface area contributed by atoms with Gasteiger partial charge < -0.3 is 0 Å². The molecule has 0 amide bonds. The summed E-state index contributed by atoms with van der Waals surface area (Å²) >= 11 is 1.07. The maximum atomic E-state index is 13.1. The van der Waals surface area contributed by atoms with Crippen molar-refractivity contribution in [1.29, 1.82) is 0 Å². The third-order valence-corrected chi connectivity index (χ3v) is 7.59. The first-order valence-corrected chi connectivity index (χ1v) is 10.5. The summed E-state index contributed by atoms with van der Waals surface area (Å²) in [4.78, 5) is 16.9. The molecule has 0 aliphatic heterocycles. The fraction of sp³-hybridized carbons (Fsp3) is 0.438. The van der Waals surface area contributed by atoms with Crippen molar-refractivity contribution >= 4 is 32.4 Å². The molecule has 0 N–H and O–H groups in total. The van der Waals surface area contributed by atoms with Gasteiger partial charge >= 0.3 is 5.69 Å². The van der Waals surface area contributed by atoms with E-state index in [0.29, 0.717) is 34.8 Å². The summed E-state index contributed by atoms with van der Waals surface area (Å²) in [6, 6.07) is 4.54. The molecule has 1 aliphatic carbocycles. The standard InChI is InChI=1S/C16H17FN4O3S2/c1-10-18-14(25-19-10)21-13-7-11(3-4-12(13)20(2)15(21)22)26(23,24)9-16(8-17)5-6-16/h3-4,7H,5-6,8-9H2,1-2H3. The summed E-state index contributed by atoms with van der Waals surface area (Å²) in [6.07, 6.45) is 1.18. The SMILES string of the molecule is Cc1nsc(-n2c(=O)n(C)c3ccc(S(=O)(=O)CC4(CF)CC4)cc32)n1. The summed E-state index contributed by atoms with van der Waals surface area (Å²) in [5.74, 6) is 0.327. The fourth-order valence-corrected chi connectivity index (χ4v) is 5.65. The van der Waals surface area contributed by atoms with Crippen LogP contribution in [0.3, 0.4) is 0 Å². The molecule has 0 bridgehead atoms. The van der Waals surface area contributed by atoms with Crippen molar-refractivity contribution in [2.45, 2.75) is 24.7 Å². The van der Waals surface area contributed by atoms with Crippen molar-refractivity contribution in [1.82, 2.24) is 18.5 Å². The molecule has 1 aromatic carbocycles. The zero-order valence-electron chi connectivity index (χ0n) is 14.3. The lowest BCUT2D eigenvalue weighted by Crippen LogP contribution is -2.20. The second-order valence-corrected chi connectivity index (χ2v) is 9.56. The van der Waals surface area contributed by atoms with E-state index in [1.807, 2.05) is 0 Å². The molecule has 1 fully saturated rings. The highest BCUT2D eigenvalue weighted by atomic mass is 32.2. The Morgan fingerprint density at radius 2 is 2.04 bits per heavy atom. The van der Waals surface area contributed by atoms with E-state index in [4.69, 9.17) is 0 Å². The van der Waals surface area contributed by atoms with Gasteiger partial charge in [-0.1, -0.05) is 0 Å². The van der Waals surface area contributed by atoms with E-state index in [-0.39, 0.29) is 16.3 Å². The lowest BCUT2D eigenvalue weighted by molar-refractivity contribution is 0.367. The minimum Gasteiger partial charge on any atom is -0.295 e. The van der Waals surface area contributed by atoms with Crippen molar-refractivity contribution in [2.24, 2.45) is 12.5 Å². The smallest absolute Gasteiger partial charge is 0.295 e. The fourth-order valence-electron chi connectivity index (χ4n) is 3.06. The van der Waals surface area contributed by atoms with E-state index in [1.165, 1.54) is 21.3 Å². The molecule has 4 rings (SSSR count). The molecular formula is C16H17FN4O3S2. The molecule has 138 valence electrons. The summed E-state index contributed by atoms with van der Waals surface area (Å²) in [5.41, 5.74) is -0.0260. The van der Waals surface area contributed by atoms with Crippen LogP contribution in [0.4, 0.5) is 4.39 Å². The Bertz CT molecular complexity index is 1170. The number of hydrogen-bond donors (Lipinski definition) is 0. The van der Waals surface area contributed by atoms with Crippen LogP contribution in [0, 0.1) is 12.3 Å². The highest BCUT2D eigenvalue weighted by Gasteiger charge is 2.46. The first kappa shape index (κ1) is 17.3. The molecular weight excluding hydrogens is 379 g/mol. The van der Waals surface area contributed by atoms with Gasteiger partial charge in [0.15, 0.2) is 9.84 Å². The van der Waals surface area contributed by atoms with E-state index in [0.717, 1.165) is 11.5 Å². The van der Waals surface area contributed by atoms with Crippen LogP contribution in [0.25, 0.3) is 16.2 Å². The van der Waals surface area contributed by atoms with Gasteiger partial charge in [0.1, 0.15) is 5.82 Å². The summed E-state index contributed by atoms with van der Waals surface area (Å²) in [6.45, 7) is 1.09. The van der Waals surface area contributed by atoms with E-state index in [9.17, 15) is 17.6 Å². The molecule has 26 heavy (non-hydrogen) atoms. The molecule has 0 spiro atoms. The molecule has 7 nitrogen and oxygen atoms in total.